The zero-order valence-corrected chi connectivity index (χ0v) is 7.67. The Hall–Kier alpha value is -0.610. The van der Waals surface area contributed by atoms with Gasteiger partial charge in [-0.05, 0) is 5.92 Å². The lowest BCUT2D eigenvalue weighted by molar-refractivity contribution is -0.122. The molecule has 72 valence electrons. The molecule has 1 unspecified atom stereocenters. The van der Waals surface area contributed by atoms with Gasteiger partial charge in [0.15, 0.2) is 0 Å². The molecule has 0 rings (SSSR count). The predicted octanol–water partition coefficient (Wildman–Crippen LogP) is -0.233. The second kappa shape index (κ2) is 7.06. The lowest BCUT2D eigenvalue weighted by atomic mass is 10.2. The van der Waals surface area contributed by atoms with Crippen LogP contribution in [0.1, 0.15) is 13.3 Å². The molecular formula is C8H17NO3. The number of aliphatic hydroxyl groups is 1. The van der Waals surface area contributed by atoms with Crippen LogP contribution in [0.3, 0.4) is 0 Å². The predicted molar refractivity (Wildman–Crippen MR) is 45.8 cm³/mol. The van der Waals surface area contributed by atoms with Crippen LogP contribution >= 0.6 is 0 Å². The molecule has 0 aliphatic rings. The first-order valence-corrected chi connectivity index (χ1v) is 4.07. The maximum Gasteiger partial charge on any atom is 0.222 e. The van der Waals surface area contributed by atoms with E-state index in [1.807, 2.05) is 6.92 Å². The molecule has 0 aliphatic heterocycles. The Labute approximate surface area is 72.9 Å². The molecule has 4 heteroatoms. The summed E-state index contributed by atoms with van der Waals surface area (Å²) in [6.45, 7) is 2.94. The van der Waals surface area contributed by atoms with E-state index in [2.05, 4.69) is 5.32 Å². The Balaban J connectivity index is 3.31. The zero-order chi connectivity index (χ0) is 9.40. The van der Waals surface area contributed by atoms with E-state index in [1.54, 1.807) is 7.11 Å². The summed E-state index contributed by atoms with van der Waals surface area (Å²) < 4.78 is 4.74. The summed E-state index contributed by atoms with van der Waals surface area (Å²) in [7, 11) is 1.56. The number of aliphatic hydroxyl groups excluding tert-OH is 1. The summed E-state index contributed by atoms with van der Waals surface area (Å²) in [4.78, 5) is 10.9. The molecule has 0 aromatic carbocycles. The first-order valence-electron chi connectivity index (χ1n) is 4.07. The highest BCUT2D eigenvalue weighted by Crippen LogP contribution is 1.89. The maximum atomic E-state index is 10.9. The van der Waals surface area contributed by atoms with Crippen LogP contribution in [0.4, 0.5) is 0 Å². The number of carbonyl (C=O) groups is 1. The fourth-order valence-corrected chi connectivity index (χ4v) is 0.636. The summed E-state index contributed by atoms with van der Waals surface area (Å²) in [6, 6.07) is 0. The largest absolute Gasteiger partial charge is 0.396 e. The second-order valence-electron chi connectivity index (χ2n) is 2.83. The molecule has 0 radical (unpaired) electrons. The first kappa shape index (κ1) is 11.4. The minimum absolute atomic E-state index is 0.0304. The van der Waals surface area contributed by atoms with Crippen LogP contribution in [0.15, 0.2) is 0 Å². The van der Waals surface area contributed by atoms with E-state index >= 15 is 0 Å². The highest BCUT2D eigenvalue weighted by molar-refractivity contribution is 5.75. The molecule has 4 nitrogen and oxygen atoms in total. The number of rotatable bonds is 6. The average Bonchev–Trinajstić information content (AvgIpc) is 2.10. The van der Waals surface area contributed by atoms with Crippen LogP contribution in [0, 0.1) is 5.92 Å². The van der Waals surface area contributed by atoms with Gasteiger partial charge in [0.05, 0.1) is 6.61 Å². The van der Waals surface area contributed by atoms with Gasteiger partial charge in [-0.2, -0.15) is 0 Å². The van der Waals surface area contributed by atoms with E-state index in [0.717, 1.165) is 0 Å². The van der Waals surface area contributed by atoms with Gasteiger partial charge in [-0.1, -0.05) is 6.92 Å². The van der Waals surface area contributed by atoms with E-state index in [0.29, 0.717) is 19.6 Å². The molecule has 0 heterocycles. The average molecular weight is 175 g/mol. The number of methoxy groups -OCH3 is 1. The van der Waals surface area contributed by atoms with Gasteiger partial charge < -0.3 is 15.2 Å². The number of carbonyl (C=O) groups excluding carboxylic acids is 1. The van der Waals surface area contributed by atoms with Crippen molar-refractivity contribution in [3.05, 3.63) is 0 Å². The van der Waals surface area contributed by atoms with Gasteiger partial charge in [-0.25, -0.2) is 0 Å². The lowest BCUT2D eigenvalue weighted by Crippen LogP contribution is -2.30. The second-order valence-corrected chi connectivity index (χ2v) is 2.83. The fourth-order valence-electron chi connectivity index (χ4n) is 0.636. The quantitative estimate of drug-likeness (QED) is 0.586. The van der Waals surface area contributed by atoms with Crippen LogP contribution in [-0.2, 0) is 9.53 Å². The van der Waals surface area contributed by atoms with Crippen molar-refractivity contribution in [2.24, 2.45) is 5.92 Å². The molecule has 0 saturated heterocycles. The molecular weight excluding hydrogens is 158 g/mol. The van der Waals surface area contributed by atoms with E-state index < -0.39 is 0 Å². The van der Waals surface area contributed by atoms with Crippen LogP contribution in [0.25, 0.3) is 0 Å². The third-order valence-corrected chi connectivity index (χ3v) is 1.49. The van der Waals surface area contributed by atoms with Gasteiger partial charge in [0, 0.05) is 26.7 Å². The van der Waals surface area contributed by atoms with Crippen LogP contribution in [0.2, 0.25) is 0 Å². The van der Waals surface area contributed by atoms with E-state index in [9.17, 15) is 4.79 Å². The van der Waals surface area contributed by atoms with Crippen molar-refractivity contribution in [3.63, 3.8) is 0 Å². The topological polar surface area (TPSA) is 58.6 Å². The zero-order valence-electron chi connectivity index (χ0n) is 7.67. The van der Waals surface area contributed by atoms with Crippen molar-refractivity contribution < 1.29 is 14.6 Å². The Morgan fingerprint density at radius 3 is 2.83 bits per heavy atom. The molecule has 1 atom stereocenters. The molecule has 12 heavy (non-hydrogen) atoms. The van der Waals surface area contributed by atoms with E-state index in [1.165, 1.54) is 0 Å². The SMILES string of the molecule is COCCC(=O)NCC(C)CO. The van der Waals surface area contributed by atoms with Gasteiger partial charge in [0.1, 0.15) is 0 Å². The Kier molecular flexibility index (Phi) is 6.70. The molecule has 0 aromatic heterocycles. The number of ether oxygens (including phenoxy) is 1. The Morgan fingerprint density at radius 2 is 2.33 bits per heavy atom. The highest BCUT2D eigenvalue weighted by Gasteiger charge is 2.03. The van der Waals surface area contributed by atoms with E-state index in [-0.39, 0.29) is 18.4 Å². The first-order chi connectivity index (χ1) is 5.70. The summed E-state index contributed by atoms with van der Waals surface area (Å²) in [5.74, 6) is 0.0913. The van der Waals surface area contributed by atoms with Crippen molar-refractivity contribution in [3.8, 4) is 0 Å². The van der Waals surface area contributed by atoms with Gasteiger partial charge in [0.25, 0.3) is 0 Å². The van der Waals surface area contributed by atoms with Crippen molar-refractivity contribution in [1.29, 1.82) is 0 Å². The number of hydrogen-bond donors (Lipinski definition) is 2. The van der Waals surface area contributed by atoms with Gasteiger partial charge in [-0.3, -0.25) is 4.79 Å². The molecule has 0 aromatic rings. The molecule has 2 N–H and O–H groups in total. The van der Waals surface area contributed by atoms with E-state index in [4.69, 9.17) is 9.84 Å². The number of amides is 1. The van der Waals surface area contributed by atoms with Gasteiger partial charge in [-0.15, -0.1) is 0 Å². The minimum atomic E-state index is -0.0304. The molecule has 0 fully saturated rings. The molecule has 0 spiro atoms. The Morgan fingerprint density at radius 1 is 1.67 bits per heavy atom. The van der Waals surface area contributed by atoms with Crippen LogP contribution in [0.5, 0.6) is 0 Å². The van der Waals surface area contributed by atoms with Crippen LogP contribution in [-0.4, -0.2) is 37.9 Å². The van der Waals surface area contributed by atoms with Crippen molar-refractivity contribution in [2.45, 2.75) is 13.3 Å². The third-order valence-electron chi connectivity index (χ3n) is 1.49. The van der Waals surface area contributed by atoms with Gasteiger partial charge in [0.2, 0.25) is 5.91 Å². The van der Waals surface area contributed by atoms with Crippen LogP contribution < -0.4 is 5.32 Å². The van der Waals surface area contributed by atoms with Crippen molar-refractivity contribution in [1.82, 2.24) is 5.32 Å². The standard InChI is InChI=1S/C8H17NO3/c1-7(6-10)5-9-8(11)3-4-12-2/h7,10H,3-6H2,1-2H3,(H,9,11). The summed E-state index contributed by atoms with van der Waals surface area (Å²) in [6.07, 6.45) is 0.384. The molecule has 0 saturated carbocycles. The monoisotopic (exact) mass is 175 g/mol. The molecule has 1 amide bonds. The molecule has 0 aliphatic carbocycles. The number of nitrogens with one attached hydrogen (secondary N) is 1. The third kappa shape index (κ3) is 6.12. The van der Waals surface area contributed by atoms with Crippen molar-refractivity contribution >= 4 is 5.91 Å². The Bertz CT molecular complexity index is 127. The number of hydrogen-bond acceptors (Lipinski definition) is 3. The van der Waals surface area contributed by atoms with Gasteiger partial charge >= 0.3 is 0 Å². The smallest absolute Gasteiger partial charge is 0.222 e. The molecule has 0 bridgehead atoms. The highest BCUT2D eigenvalue weighted by atomic mass is 16.5. The lowest BCUT2D eigenvalue weighted by Gasteiger charge is -2.08. The fraction of sp³-hybridized carbons (Fsp3) is 0.875. The normalized spacial score (nSPS) is 12.6. The summed E-state index contributed by atoms with van der Waals surface area (Å²) >= 11 is 0. The maximum absolute atomic E-state index is 10.9. The van der Waals surface area contributed by atoms with Crippen molar-refractivity contribution in [2.75, 3.05) is 26.9 Å². The minimum Gasteiger partial charge on any atom is -0.396 e. The summed E-state index contributed by atoms with van der Waals surface area (Å²) in [5.41, 5.74) is 0. The summed E-state index contributed by atoms with van der Waals surface area (Å²) in [5, 5.41) is 11.3.